The van der Waals surface area contributed by atoms with Crippen molar-refractivity contribution in [2.45, 2.75) is 45.6 Å². The third kappa shape index (κ3) is 3.09. The van der Waals surface area contributed by atoms with Crippen molar-refractivity contribution in [2.24, 2.45) is 5.41 Å². The Balaban J connectivity index is 2.08. The van der Waals surface area contributed by atoms with Gasteiger partial charge in [-0.05, 0) is 40.6 Å². The summed E-state index contributed by atoms with van der Waals surface area (Å²) in [5.41, 5.74) is 6.16. The van der Waals surface area contributed by atoms with Crippen LogP contribution in [0.2, 0.25) is 0 Å². The summed E-state index contributed by atoms with van der Waals surface area (Å²) in [6.45, 7) is 4.65. The van der Waals surface area contributed by atoms with E-state index in [1.54, 1.807) is 0 Å². The smallest absolute Gasteiger partial charge is 0.146 e. The molecule has 1 atom stereocenters. The minimum atomic E-state index is 0.418. The molecule has 4 nitrogen and oxygen atoms in total. The van der Waals surface area contributed by atoms with Gasteiger partial charge >= 0.3 is 0 Å². The molecule has 5 heteroatoms. The monoisotopic (exact) mass is 298 g/mol. The standard InChI is InChI=1S/C12H19BrN4/c1-12(2)5-3-4-8(6-12)17-11-9(13)10(14)15-7-16-11/h7-8H,3-6H2,1-2H3,(H3,14,15,16,17). The van der Waals surface area contributed by atoms with Crippen molar-refractivity contribution >= 4 is 27.6 Å². The summed E-state index contributed by atoms with van der Waals surface area (Å²) in [7, 11) is 0. The summed E-state index contributed by atoms with van der Waals surface area (Å²) in [6, 6.07) is 0.476. The lowest BCUT2D eigenvalue weighted by Gasteiger charge is -2.35. The highest BCUT2D eigenvalue weighted by molar-refractivity contribution is 9.10. The van der Waals surface area contributed by atoms with Crippen LogP contribution >= 0.6 is 15.9 Å². The molecule has 0 spiro atoms. The average molecular weight is 299 g/mol. The second-order valence-electron chi connectivity index (χ2n) is 5.52. The van der Waals surface area contributed by atoms with Crippen LogP contribution in [0.15, 0.2) is 10.8 Å². The summed E-state index contributed by atoms with van der Waals surface area (Å²) in [6.07, 6.45) is 6.43. The van der Waals surface area contributed by atoms with E-state index in [9.17, 15) is 0 Å². The Labute approximate surface area is 111 Å². The lowest BCUT2D eigenvalue weighted by atomic mass is 9.75. The Morgan fingerprint density at radius 3 is 2.94 bits per heavy atom. The van der Waals surface area contributed by atoms with Crippen molar-refractivity contribution in [3.8, 4) is 0 Å². The number of anilines is 2. The number of rotatable bonds is 2. The van der Waals surface area contributed by atoms with Crippen LogP contribution in [-0.2, 0) is 0 Å². The fourth-order valence-corrected chi connectivity index (χ4v) is 2.82. The maximum absolute atomic E-state index is 5.74. The molecule has 1 heterocycles. The second-order valence-corrected chi connectivity index (χ2v) is 6.32. The molecule has 1 fully saturated rings. The van der Waals surface area contributed by atoms with Crippen LogP contribution in [0.3, 0.4) is 0 Å². The lowest BCUT2D eigenvalue weighted by Crippen LogP contribution is -2.32. The van der Waals surface area contributed by atoms with Crippen LogP contribution in [0.4, 0.5) is 11.6 Å². The molecule has 0 amide bonds. The number of nitrogens with two attached hydrogens (primary N) is 1. The zero-order valence-corrected chi connectivity index (χ0v) is 11.9. The summed E-state index contributed by atoms with van der Waals surface area (Å²) in [5, 5.41) is 3.47. The van der Waals surface area contributed by atoms with Gasteiger partial charge in [0.15, 0.2) is 0 Å². The fraction of sp³-hybridized carbons (Fsp3) is 0.667. The minimum Gasteiger partial charge on any atom is -0.383 e. The van der Waals surface area contributed by atoms with E-state index in [2.05, 4.69) is 45.1 Å². The Morgan fingerprint density at radius 2 is 2.24 bits per heavy atom. The topological polar surface area (TPSA) is 63.8 Å². The maximum Gasteiger partial charge on any atom is 0.146 e. The Bertz CT molecular complexity index is 405. The summed E-state index contributed by atoms with van der Waals surface area (Å²) in [4.78, 5) is 8.17. The first kappa shape index (κ1) is 12.6. The van der Waals surface area contributed by atoms with E-state index in [-0.39, 0.29) is 0 Å². The second kappa shape index (κ2) is 4.80. The van der Waals surface area contributed by atoms with Crippen molar-refractivity contribution in [3.05, 3.63) is 10.8 Å². The van der Waals surface area contributed by atoms with Crippen LogP contribution < -0.4 is 11.1 Å². The van der Waals surface area contributed by atoms with E-state index < -0.39 is 0 Å². The van der Waals surface area contributed by atoms with Gasteiger partial charge in [0.25, 0.3) is 0 Å². The highest BCUT2D eigenvalue weighted by Gasteiger charge is 2.28. The molecule has 1 aromatic heterocycles. The largest absolute Gasteiger partial charge is 0.383 e. The molecular weight excluding hydrogens is 280 g/mol. The van der Waals surface area contributed by atoms with Crippen LogP contribution in [0.25, 0.3) is 0 Å². The Hall–Kier alpha value is -0.840. The molecule has 1 aromatic rings. The van der Waals surface area contributed by atoms with Gasteiger partial charge in [-0.3, -0.25) is 0 Å². The molecule has 0 bridgehead atoms. The number of halogens is 1. The van der Waals surface area contributed by atoms with E-state index in [1.165, 1.54) is 32.0 Å². The number of hydrogen-bond acceptors (Lipinski definition) is 4. The minimum absolute atomic E-state index is 0.418. The van der Waals surface area contributed by atoms with Crippen LogP contribution in [-0.4, -0.2) is 16.0 Å². The Kier molecular flexibility index (Phi) is 3.56. The Morgan fingerprint density at radius 1 is 1.47 bits per heavy atom. The van der Waals surface area contributed by atoms with Crippen molar-refractivity contribution in [2.75, 3.05) is 11.1 Å². The zero-order chi connectivity index (χ0) is 12.5. The molecule has 17 heavy (non-hydrogen) atoms. The van der Waals surface area contributed by atoms with Gasteiger partial charge < -0.3 is 11.1 Å². The summed E-state index contributed by atoms with van der Waals surface area (Å²) in [5.74, 6) is 1.29. The summed E-state index contributed by atoms with van der Waals surface area (Å²) < 4.78 is 0.767. The maximum atomic E-state index is 5.74. The molecule has 94 valence electrons. The van der Waals surface area contributed by atoms with E-state index in [4.69, 9.17) is 5.73 Å². The van der Waals surface area contributed by atoms with Crippen molar-refractivity contribution < 1.29 is 0 Å². The number of aromatic nitrogens is 2. The highest BCUT2D eigenvalue weighted by Crippen LogP contribution is 2.37. The SMILES string of the molecule is CC1(C)CCCC(Nc2ncnc(N)c2Br)C1. The molecule has 0 saturated heterocycles. The van der Waals surface area contributed by atoms with Crippen LogP contribution in [0, 0.1) is 5.41 Å². The molecule has 0 aliphatic heterocycles. The van der Waals surface area contributed by atoms with Crippen molar-refractivity contribution in [3.63, 3.8) is 0 Å². The van der Waals surface area contributed by atoms with Gasteiger partial charge in [-0.25, -0.2) is 9.97 Å². The molecule has 3 N–H and O–H groups in total. The molecule has 0 aromatic carbocycles. The van der Waals surface area contributed by atoms with E-state index in [0.29, 0.717) is 17.3 Å². The van der Waals surface area contributed by atoms with Gasteiger partial charge in [-0.15, -0.1) is 0 Å². The molecular formula is C12H19BrN4. The molecule has 1 unspecified atom stereocenters. The molecule has 2 rings (SSSR count). The highest BCUT2D eigenvalue weighted by atomic mass is 79.9. The van der Waals surface area contributed by atoms with E-state index in [0.717, 1.165) is 10.3 Å². The predicted molar refractivity (Wildman–Crippen MR) is 73.8 cm³/mol. The van der Waals surface area contributed by atoms with Crippen LogP contribution in [0.1, 0.15) is 39.5 Å². The first-order valence-electron chi connectivity index (χ1n) is 6.00. The number of hydrogen-bond donors (Lipinski definition) is 2. The zero-order valence-electron chi connectivity index (χ0n) is 10.3. The molecule has 1 aliphatic rings. The first-order chi connectivity index (χ1) is 7.98. The summed E-state index contributed by atoms with van der Waals surface area (Å²) >= 11 is 3.42. The number of nitrogen functional groups attached to an aromatic ring is 1. The normalized spacial score (nSPS) is 23.4. The van der Waals surface area contributed by atoms with Gasteiger partial charge in [-0.1, -0.05) is 20.3 Å². The quantitative estimate of drug-likeness (QED) is 0.880. The van der Waals surface area contributed by atoms with Crippen molar-refractivity contribution in [1.29, 1.82) is 0 Å². The third-order valence-corrected chi connectivity index (χ3v) is 4.14. The fourth-order valence-electron chi connectivity index (χ4n) is 2.50. The van der Waals surface area contributed by atoms with Gasteiger partial charge in [0.2, 0.25) is 0 Å². The predicted octanol–water partition coefficient (Wildman–Crippen LogP) is 3.20. The molecule has 1 saturated carbocycles. The van der Waals surface area contributed by atoms with Crippen LogP contribution in [0.5, 0.6) is 0 Å². The third-order valence-electron chi connectivity index (χ3n) is 3.36. The van der Waals surface area contributed by atoms with Gasteiger partial charge in [0.05, 0.1) is 0 Å². The van der Waals surface area contributed by atoms with Gasteiger partial charge in [0, 0.05) is 6.04 Å². The number of nitrogens with one attached hydrogen (secondary N) is 1. The van der Waals surface area contributed by atoms with E-state index >= 15 is 0 Å². The first-order valence-corrected chi connectivity index (χ1v) is 6.80. The molecule has 1 aliphatic carbocycles. The van der Waals surface area contributed by atoms with Crippen molar-refractivity contribution in [1.82, 2.24) is 9.97 Å². The average Bonchev–Trinajstić information content (AvgIpc) is 2.23. The molecule has 0 radical (unpaired) electrons. The van der Waals surface area contributed by atoms with Gasteiger partial charge in [-0.2, -0.15) is 0 Å². The lowest BCUT2D eigenvalue weighted by molar-refractivity contribution is 0.229. The van der Waals surface area contributed by atoms with E-state index in [1.807, 2.05) is 0 Å². The number of nitrogens with zero attached hydrogens (tertiary/aromatic N) is 2. The van der Waals surface area contributed by atoms with Gasteiger partial charge in [0.1, 0.15) is 22.4 Å².